The molecule has 1 aliphatic rings. The van der Waals surface area contributed by atoms with Crippen LogP contribution in [0, 0.1) is 6.92 Å². The van der Waals surface area contributed by atoms with Crippen molar-refractivity contribution in [3.63, 3.8) is 0 Å². The summed E-state index contributed by atoms with van der Waals surface area (Å²) in [6, 6.07) is 4.15. The number of oxazole rings is 1. The van der Waals surface area contributed by atoms with Crippen LogP contribution in [0.1, 0.15) is 24.3 Å². The van der Waals surface area contributed by atoms with Crippen molar-refractivity contribution >= 4 is 0 Å². The molecule has 0 aliphatic carbocycles. The maximum atomic E-state index is 5.75. The zero-order chi connectivity index (χ0) is 15.6. The minimum absolute atomic E-state index is 0.458. The molecule has 1 atom stereocenters. The number of hydrogen-bond acceptors (Lipinski definition) is 6. The first-order valence-electron chi connectivity index (χ1n) is 7.86. The quantitative estimate of drug-likeness (QED) is 0.720. The lowest BCUT2D eigenvalue weighted by molar-refractivity contribution is 0.216. The maximum Gasteiger partial charge on any atom is 0.263 e. The Bertz CT molecular complexity index is 748. The Balaban J connectivity index is 1.48. The molecule has 7 heteroatoms. The zero-order valence-corrected chi connectivity index (χ0v) is 13.1. The van der Waals surface area contributed by atoms with Gasteiger partial charge in [-0.3, -0.25) is 9.58 Å². The summed E-state index contributed by atoms with van der Waals surface area (Å²) in [5.41, 5.74) is 0.974. The number of aryl methyl sites for hydroxylation is 1. The standard InChI is InChI=1S/C16H19N5O2/c1-12-14(19-16(23-12)15-5-3-7-22-15)9-20-6-2-4-13(20)8-21-11-17-10-18-21/h3,5,7,10-11,13H,2,4,6,8-9H2,1H3/t13-/m1/s1. The average molecular weight is 313 g/mol. The molecular formula is C16H19N5O2. The van der Waals surface area contributed by atoms with Crippen LogP contribution in [0.2, 0.25) is 0 Å². The summed E-state index contributed by atoms with van der Waals surface area (Å²) >= 11 is 0. The van der Waals surface area contributed by atoms with Crippen LogP contribution in [0.4, 0.5) is 0 Å². The van der Waals surface area contributed by atoms with Gasteiger partial charge in [-0.1, -0.05) is 0 Å². The second-order valence-electron chi connectivity index (χ2n) is 5.88. The largest absolute Gasteiger partial charge is 0.459 e. The van der Waals surface area contributed by atoms with Gasteiger partial charge in [-0.05, 0) is 38.4 Å². The molecule has 0 unspecified atom stereocenters. The van der Waals surface area contributed by atoms with Crippen molar-refractivity contribution in [1.82, 2.24) is 24.6 Å². The van der Waals surface area contributed by atoms with Gasteiger partial charge in [-0.2, -0.15) is 5.10 Å². The Hall–Kier alpha value is -2.41. The van der Waals surface area contributed by atoms with Gasteiger partial charge in [0.2, 0.25) is 0 Å². The molecule has 0 amide bonds. The fraction of sp³-hybridized carbons (Fsp3) is 0.438. The lowest BCUT2D eigenvalue weighted by Crippen LogP contribution is -2.33. The SMILES string of the molecule is Cc1oc(-c2ccco2)nc1CN1CCC[C@@H]1Cn1cncn1. The highest BCUT2D eigenvalue weighted by Crippen LogP contribution is 2.26. The Morgan fingerprint density at radius 2 is 2.35 bits per heavy atom. The van der Waals surface area contributed by atoms with Gasteiger partial charge in [0.05, 0.1) is 18.5 Å². The van der Waals surface area contributed by atoms with Crippen LogP contribution in [-0.2, 0) is 13.1 Å². The number of hydrogen-bond donors (Lipinski definition) is 0. The van der Waals surface area contributed by atoms with Gasteiger partial charge in [0, 0.05) is 12.6 Å². The Morgan fingerprint density at radius 1 is 1.39 bits per heavy atom. The minimum atomic E-state index is 0.458. The van der Waals surface area contributed by atoms with E-state index in [9.17, 15) is 0 Å². The summed E-state index contributed by atoms with van der Waals surface area (Å²) in [5, 5.41) is 4.21. The van der Waals surface area contributed by atoms with E-state index in [1.54, 1.807) is 18.9 Å². The van der Waals surface area contributed by atoms with Crippen molar-refractivity contribution < 1.29 is 8.83 Å². The van der Waals surface area contributed by atoms with Crippen LogP contribution < -0.4 is 0 Å². The third kappa shape index (κ3) is 2.92. The molecule has 3 aromatic rings. The predicted octanol–water partition coefficient (Wildman–Crippen LogP) is 2.50. The van der Waals surface area contributed by atoms with Crippen molar-refractivity contribution in [2.45, 2.75) is 38.9 Å². The number of likely N-dealkylation sites (tertiary alicyclic amines) is 1. The topological polar surface area (TPSA) is 73.1 Å². The van der Waals surface area contributed by atoms with E-state index in [2.05, 4.69) is 20.0 Å². The number of furan rings is 1. The fourth-order valence-electron chi connectivity index (χ4n) is 3.13. The summed E-state index contributed by atoms with van der Waals surface area (Å²) in [7, 11) is 0. The summed E-state index contributed by atoms with van der Waals surface area (Å²) in [6.07, 6.45) is 7.34. The van der Waals surface area contributed by atoms with Crippen LogP contribution in [0.25, 0.3) is 11.7 Å². The van der Waals surface area contributed by atoms with Gasteiger partial charge in [0.15, 0.2) is 5.76 Å². The molecular weight excluding hydrogens is 294 g/mol. The van der Waals surface area contributed by atoms with Crippen LogP contribution in [0.5, 0.6) is 0 Å². The van der Waals surface area contributed by atoms with E-state index in [1.165, 1.54) is 12.8 Å². The van der Waals surface area contributed by atoms with E-state index in [4.69, 9.17) is 8.83 Å². The van der Waals surface area contributed by atoms with Gasteiger partial charge in [-0.15, -0.1) is 0 Å². The molecule has 120 valence electrons. The molecule has 0 bridgehead atoms. The van der Waals surface area contributed by atoms with Crippen LogP contribution >= 0.6 is 0 Å². The molecule has 0 N–H and O–H groups in total. The lowest BCUT2D eigenvalue weighted by Gasteiger charge is -2.23. The van der Waals surface area contributed by atoms with Crippen LogP contribution in [-0.4, -0.2) is 37.2 Å². The molecule has 1 aliphatic heterocycles. The third-order valence-corrected chi connectivity index (χ3v) is 4.34. The Morgan fingerprint density at radius 3 is 3.13 bits per heavy atom. The van der Waals surface area contributed by atoms with E-state index >= 15 is 0 Å². The zero-order valence-electron chi connectivity index (χ0n) is 13.1. The van der Waals surface area contributed by atoms with Crippen molar-refractivity contribution in [1.29, 1.82) is 0 Å². The number of aromatic nitrogens is 4. The minimum Gasteiger partial charge on any atom is -0.459 e. The third-order valence-electron chi connectivity index (χ3n) is 4.34. The molecule has 0 aromatic carbocycles. The monoisotopic (exact) mass is 313 g/mol. The Kier molecular flexibility index (Phi) is 3.70. The molecule has 1 saturated heterocycles. The molecule has 1 fully saturated rings. The first-order chi connectivity index (χ1) is 11.3. The molecule has 0 spiro atoms. The normalized spacial score (nSPS) is 18.7. The van der Waals surface area contributed by atoms with Gasteiger partial charge >= 0.3 is 0 Å². The fourth-order valence-corrected chi connectivity index (χ4v) is 3.13. The van der Waals surface area contributed by atoms with Crippen molar-refractivity contribution in [2.75, 3.05) is 6.54 Å². The smallest absolute Gasteiger partial charge is 0.263 e. The number of nitrogens with zero attached hydrogens (tertiary/aromatic N) is 5. The molecule has 23 heavy (non-hydrogen) atoms. The second-order valence-corrected chi connectivity index (χ2v) is 5.88. The van der Waals surface area contributed by atoms with Crippen molar-refractivity contribution in [3.05, 3.63) is 42.5 Å². The first-order valence-corrected chi connectivity index (χ1v) is 7.86. The summed E-state index contributed by atoms with van der Waals surface area (Å²) in [5.74, 6) is 2.07. The molecule has 0 radical (unpaired) electrons. The van der Waals surface area contributed by atoms with Gasteiger partial charge in [0.1, 0.15) is 18.4 Å². The highest BCUT2D eigenvalue weighted by molar-refractivity contribution is 5.44. The van der Waals surface area contributed by atoms with Crippen LogP contribution in [0.3, 0.4) is 0 Å². The predicted molar refractivity (Wildman–Crippen MR) is 82.4 cm³/mol. The summed E-state index contributed by atoms with van der Waals surface area (Å²) in [6.45, 7) is 4.68. The van der Waals surface area contributed by atoms with E-state index in [1.807, 2.05) is 23.7 Å². The molecule has 4 heterocycles. The van der Waals surface area contributed by atoms with E-state index in [0.717, 1.165) is 31.1 Å². The lowest BCUT2D eigenvalue weighted by atomic mass is 10.2. The van der Waals surface area contributed by atoms with Gasteiger partial charge < -0.3 is 8.83 Å². The Labute approximate surface area is 133 Å². The van der Waals surface area contributed by atoms with Crippen LogP contribution in [0.15, 0.2) is 39.9 Å². The summed E-state index contributed by atoms with van der Waals surface area (Å²) in [4.78, 5) is 11.1. The summed E-state index contributed by atoms with van der Waals surface area (Å²) < 4.78 is 13.0. The molecule has 3 aromatic heterocycles. The highest BCUT2D eigenvalue weighted by Gasteiger charge is 2.27. The highest BCUT2D eigenvalue weighted by atomic mass is 16.4. The van der Waals surface area contributed by atoms with E-state index in [-0.39, 0.29) is 0 Å². The molecule has 4 rings (SSSR count). The maximum absolute atomic E-state index is 5.75. The van der Waals surface area contributed by atoms with Crippen molar-refractivity contribution in [2.24, 2.45) is 0 Å². The van der Waals surface area contributed by atoms with E-state index < -0.39 is 0 Å². The van der Waals surface area contributed by atoms with Crippen molar-refractivity contribution in [3.8, 4) is 11.7 Å². The van der Waals surface area contributed by atoms with Gasteiger partial charge in [0.25, 0.3) is 5.89 Å². The second kappa shape index (κ2) is 6.00. The first kappa shape index (κ1) is 14.2. The number of rotatable bonds is 5. The molecule has 7 nitrogen and oxygen atoms in total. The average Bonchev–Trinajstić information content (AvgIpc) is 3.31. The van der Waals surface area contributed by atoms with Gasteiger partial charge in [-0.25, -0.2) is 9.97 Å². The van der Waals surface area contributed by atoms with E-state index in [0.29, 0.717) is 17.7 Å². The molecule has 0 saturated carbocycles.